The Morgan fingerprint density at radius 1 is 1.03 bits per heavy atom. The molecule has 0 unspecified atom stereocenters. The summed E-state index contributed by atoms with van der Waals surface area (Å²) in [4.78, 5) is 40.9. The summed E-state index contributed by atoms with van der Waals surface area (Å²) in [6.07, 6.45) is 5.99. The van der Waals surface area contributed by atoms with Gasteiger partial charge in [0.2, 0.25) is 0 Å². The number of carbonyl (C=O) groups excluding carboxylic acids is 3. The summed E-state index contributed by atoms with van der Waals surface area (Å²) in [6, 6.07) is 7.67. The van der Waals surface area contributed by atoms with Gasteiger partial charge in [-0.1, -0.05) is 30.5 Å². The molecule has 3 heterocycles. The van der Waals surface area contributed by atoms with E-state index in [2.05, 4.69) is 10.2 Å². The minimum atomic E-state index is -0.808. The van der Waals surface area contributed by atoms with Gasteiger partial charge in [-0.25, -0.2) is 9.69 Å². The number of benzene rings is 1. The van der Waals surface area contributed by atoms with Gasteiger partial charge in [0.15, 0.2) is 5.88 Å². The quantitative estimate of drug-likeness (QED) is 0.583. The number of furan rings is 1. The molecule has 1 aromatic heterocycles. The van der Waals surface area contributed by atoms with E-state index in [9.17, 15) is 14.4 Å². The van der Waals surface area contributed by atoms with Crippen LogP contribution in [0.4, 0.5) is 16.4 Å². The molecule has 4 rings (SSSR count). The van der Waals surface area contributed by atoms with E-state index in [0.717, 1.165) is 30.8 Å². The van der Waals surface area contributed by atoms with Gasteiger partial charge in [-0.3, -0.25) is 14.9 Å². The lowest BCUT2D eigenvalue weighted by atomic mass is 10.1. The van der Waals surface area contributed by atoms with Crippen molar-refractivity contribution < 1.29 is 18.8 Å². The maximum Gasteiger partial charge on any atom is 0.335 e. The number of nitrogens with one attached hydrogen (secondary N) is 1. The molecule has 0 bridgehead atoms. The summed E-state index contributed by atoms with van der Waals surface area (Å²) >= 11 is 6.14. The molecule has 0 saturated carbocycles. The minimum Gasteiger partial charge on any atom is -0.441 e. The van der Waals surface area contributed by atoms with Gasteiger partial charge in [0, 0.05) is 24.2 Å². The second-order valence-corrected chi connectivity index (χ2v) is 7.83. The fourth-order valence-electron chi connectivity index (χ4n) is 3.74. The molecule has 8 heteroatoms. The number of hydrogen-bond donors (Lipinski definition) is 1. The molecular formula is C22H22ClN3O4. The van der Waals surface area contributed by atoms with Crippen LogP contribution in [0.15, 0.2) is 40.3 Å². The number of amides is 4. The predicted molar refractivity (Wildman–Crippen MR) is 115 cm³/mol. The van der Waals surface area contributed by atoms with Crippen LogP contribution in [-0.2, 0) is 9.59 Å². The maximum absolute atomic E-state index is 13.0. The highest BCUT2D eigenvalue weighted by Crippen LogP contribution is 2.30. The van der Waals surface area contributed by atoms with Crippen molar-refractivity contribution in [1.29, 1.82) is 0 Å². The van der Waals surface area contributed by atoms with E-state index in [1.54, 1.807) is 31.2 Å². The van der Waals surface area contributed by atoms with Crippen molar-refractivity contribution in [2.75, 3.05) is 22.9 Å². The molecule has 2 aromatic rings. The van der Waals surface area contributed by atoms with E-state index in [0.29, 0.717) is 27.9 Å². The molecule has 0 radical (unpaired) electrons. The van der Waals surface area contributed by atoms with Crippen LogP contribution in [0.2, 0.25) is 5.02 Å². The Hall–Kier alpha value is -3.06. The van der Waals surface area contributed by atoms with Crippen LogP contribution >= 0.6 is 11.6 Å². The summed E-state index contributed by atoms with van der Waals surface area (Å²) in [5.74, 6) is -0.383. The van der Waals surface area contributed by atoms with Crippen LogP contribution in [0.3, 0.4) is 0 Å². The van der Waals surface area contributed by atoms with Crippen LogP contribution in [0.1, 0.15) is 37.0 Å². The number of carbonyl (C=O) groups is 3. The number of nitrogens with zero attached hydrogens (tertiary/aromatic N) is 2. The zero-order valence-electron chi connectivity index (χ0n) is 16.6. The Bertz CT molecular complexity index is 1030. The van der Waals surface area contributed by atoms with E-state index in [-0.39, 0.29) is 5.57 Å². The minimum absolute atomic E-state index is 0.175. The average Bonchev–Trinajstić information content (AvgIpc) is 3.00. The number of anilines is 2. The van der Waals surface area contributed by atoms with E-state index >= 15 is 0 Å². The average molecular weight is 428 g/mol. The first-order valence-corrected chi connectivity index (χ1v) is 10.3. The highest BCUT2D eigenvalue weighted by molar-refractivity contribution is 6.39. The normalized spacial score (nSPS) is 19.3. The highest BCUT2D eigenvalue weighted by atomic mass is 35.5. The number of halogens is 1. The third kappa shape index (κ3) is 3.85. The molecule has 0 spiro atoms. The van der Waals surface area contributed by atoms with Crippen LogP contribution in [0.25, 0.3) is 6.08 Å². The molecule has 1 aromatic carbocycles. The molecule has 1 N–H and O–H groups in total. The van der Waals surface area contributed by atoms with Gasteiger partial charge >= 0.3 is 6.03 Å². The van der Waals surface area contributed by atoms with Crippen molar-refractivity contribution in [1.82, 2.24) is 5.32 Å². The molecule has 2 aliphatic heterocycles. The van der Waals surface area contributed by atoms with Crippen LogP contribution in [-0.4, -0.2) is 30.9 Å². The Labute approximate surface area is 179 Å². The van der Waals surface area contributed by atoms with Crippen molar-refractivity contribution in [3.05, 3.63) is 52.3 Å². The summed E-state index contributed by atoms with van der Waals surface area (Å²) in [6.45, 7) is 3.54. The number of urea groups is 1. The van der Waals surface area contributed by atoms with Crippen LogP contribution in [0.5, 0.6) is 0 Å². The maximum atomic E-state index is 13.0. The lowest BCUT2D eigenvalue weighted by Crippen LogP contribution is -2.54. The van der Waals surface area contributed by atoms with Crippen LogP contribution in [0, 0.1) is 6.92 Å². The van der Waals surface area contributed by atoms with Gasteiger partial charge in [0.05, 0.1) is 5.69 Å². The van der Waals surface area contributed by atoms with E-state index in [1.807, 2.05) is 6.07 Å². The first-order chi connectivity index (χ1) is 14.5. The lowest BCUT2D eigenvalue weighted by molar-refractivity contribution is -0.122. The van der Waals surface area contributed by atoms with Crippen molar-refractivity contribution in [3.63, 3.8) is 0 Å². The van der Waals surface area contributed by atoms with Gasteiger partial charge in [-0.15, -0.1) is 0 Å². The molecule has 2 fully saturated rings. The summed E-state index contributed by atoms with van der Waals surface area (Å²) < 4.78 is 5.88. The van der Waals surface area contributed by atoms with Gasteiger partial charge in [0.1, 0.15) is 11.3 Å². The molecule has 0 atom stereocenters. The van der Waals surface area contributed by atoms with E-state index < -0.39 is 17.8 Å². The zero-order valence-corrected chi connectivity index (χ0v) is 17.4. The fourth-order valence-corrected chi connectivity index (χ4v) is 3.91. The Morgan fingerprint density at radius 2 is 1.77 bits per heavy atom. The Balaban J connectivity index is 1.64. The molecular weight excluding hydrogens is 406 g/mol. The van der Waals surface area contributed by atoms with Crippen molar-refractivity contribution in [3.8, 4) is 0 Å². The first kappa shape index (κ1) is 20.2. The topological polar surface area (TPSA) is 82.9 Å². The zero-order chi connectivity index (χ0) is 21.3. The predicted octanol–water partition coefficient (Wildman–Crippen LogP) is 4.29. The van der Waals surface area contributed by atoms with Crippen molar-refractivity contribution in [2.24, 2.45) is 0 Å². The molecule has 4 amide bonds. The lowest BCUT2D eigenvalue weighted by Gasteiger charge is -2.27. The number of hydrogen-bond acceptors (Lipinski definition) is 5. The summed E-state index contributed by atoms with van der Waals surface area (Å²) in [7, 11) is 0. The molecule has 2 saturated heterocycles. The Kier molecular flexibility index (Phi) is 5.63. The molecule has 7 nitrogen and oxygen atoms in total. The van der Waals surface area contributed by atoms with Gasteiger partial charge in [-0.2, -0.15) is 0 Å². The van der Waals surface area contributed by atoms with Crippen molar-refractivity contribution >= 4 is 47.1 Å². The Morgan fingerprint density at radius 3 is 2.50 bits per heavy atom. The largest absolute Gasteiger partial charge is 0.441 e. The fraction of sp³-hybridized carbons (Fsp3) is 0.318. The SMILES string of the molecule is Cc1c(Cl)cccc1N1C(=O)NC(=O)C(=Cc2ccc(N3CCCCCC3)o2)C1=O. The monoisotopic (exact) mass is 427 g/mol. The second kappa shape index (κ2) is 8.36. The number of barbiturate groups is 1. The van der Waals surface area contributed by atoms with E-state index in [1.165, 1.54) is 18.9 Å². The first-order valence-electron chi connectivity index (χ1n) is 9.97. The molecule has 0 aliphatic carbocycles. The standard InChI is InChI=1S/C22H22ClN3O4/c1-14-17(23)7-6-8-18(14)26-21(28)16(20(27)24-22(26)29)13-15-9-10-19(30-15)25-11-4-2-3-5-12-25/h6-10,13H,2-5,11-12H2,1H3,(H,24,27,29). The number of imide groups is 2. The second-order valence-electron chi connectivity index (χ2n) is 7.42. The smallest absolute Gasteiger partial charge is 0.335 e. The van der Waals surface area contributed by atoms with Gasteiger partial charge in [-0.05, 0) is 49.6 Å². The molecule has 30 heavy (non-hydrogen) atoms. The van der Waals surface area contributed by atoms with Gasteiger partial charge < -0.3 is 9.32 Å². The van der Waals surface area contributed by atoms with E-state index in [4.69, 9.17) is 16.0 Å². The van der Waals surface area contributed by atoms with Crippen LogP contribution < -0.4 is 15.1 Å². The molecule has 156 valence electrons. The highest BCUT2D eigenvalue weighted by Gasteiger charge is 2.37. The third-order valence-electron chi connectivity index (χ3n) is 5.40. The number of rotatable bonds is 3. The molecule has 2 aliphatic rings. The summed E-state index contributed by atoms with van der Waals surface area (Å²) in [5, 5.41) is 2.64. The third-order valence-corrected chi connectivity index (χ3v) is 5.81. The summed E-state index contributed by atoms with van der Waals surface area (Å²) in [5.41, 5.74) is 0.719. The van der Waals surface area contributed by atoms with Crippen molar-refractivity contribution in [2.45, 2.75) is 32.6 Å². The van der Waals surface area contributed by atoms with Gasteiger partial charge in [0.25, 0.3) is 11.8 Å².